The first-order chi connectivity index (χ1) is 12.9. The number of hydrogen-bond donors (Lipinski definition) is 2. The highest BCUT2D eigenvalue weighted by atomic mass is 79.9. The van der Waals surface area contributed by atoms with Gasteiger partial charge in [0.25, 0.3) is 5.91 Å². The number of hydrazine groups is 1. The van der Waals surface area contributed by atoms with Crippen LogP contribution < -0.4 is 20.3 Å². The Balaban J connectivity index is 1.63. The summed E-state index contributed by atoms with van der Waals surface area (Å²) in [5.41, 5.74) is 4.64. The molecule has 0 saturated carbocycles. The van der Waals surface area contributed by atoms with Crippen LogP contribution in [0.3, 0.4) is 0 Å². The van der Waals surface area contributed by atoms with Crippen LogP contribution in [0.1, 0.15) is 19.8 Å². The average molecular weight is 439 g/mol. The minimum Gasteiger partial charge on any atom is -0.493 e. The van der Waals surface area contributed by atoms with Crippen LogP contribution in [0.15, 0.2) is 53.0 Å². The Morgan fingerprint density at radius 1 is 1.11 bits per heavy atom. The molecule has 144 valence electrons. The molecule has 0 fully saturated rings. The standard InChI is InChI=1S/C19H20BrFN2O4/c1-13(27-17-8-2-5-14(20)11-17)19(25)23-22-18(24)9-4-10-26-16-7-3-6-15(21)12-16/h2-3,5-8,11-13H,4,9-10H2,1H3,(H,22,24)(H,23,25). The van der Waals surface area contributed by atoms with Gasteiger partial charge >= 0.3 is 0 Å². The Hall–Kier alpha value is -2.61. The Morgan fingerprint density at radius 2 is 1.85 bits per heavy atom. The molecule has 2 amide bonds. The molecule has 2 aromatic carbocycles. The summed E-state index contributed by atoms with van der Waals surface area (Å²) in [5.74, 6) is -0.276. The zero-order chi connectivity index (χ0) is 19.6. The van der Waals surface area contributed by atoms with E-state index in [9.17, 15) is 14.0 Å². The molecule has 0 aliphatic carbocycles. The number of ether oxygens (including phenoxy) is 2. The molecule has 0 aliphatic heterocycles. The van der Waals surface area contributed by atoms with E-state index in [1.54, 1.807) is 37.3 Å². The predicted molar refractivity (Wildman–Crippen MR) is 102 cm³/mol. The van der Waals surface area contributed by atoms with Crippen LogP contribution in [0.25, 0.3) is 0 Å². The quantitative estimate of drug-likeness (QED) is 0.489. The Morgan fingerprint density at radius 3 is 2.59 bits per heavy atom. The van der Waals surface area contributed by atoms with Crippen LogP contribution in [-0.2, 0) is 9.59 Å². The molecule has 0 aliphatic rings. The average Bonchev–Trinajstić information content (AvgIpc) is 2.63. The van der Waals surface area contributed by atoms with Crippen molar-refractivity contribution in [2.45, 2.75) is 25.9 Å². The molecule has 6 nitrogen and oxygen atoms in total. The molecule has 1 unspecified atom stereocenters. The van der Waals surface area contributed by atoms with Crippen LogP contribution in [0.2, 0.25) is 0 Å². The van der Waals surface area contributed by atoms with Gasteiger partial charge in [0.2, 0.25) is 5.91 Å². The fraction of sp³-hybridized carbons (Fsp3) is 0.263. The van der Waals surface area contributed by atoms with Crippen molar-refractivity contribution in [1.29, 1.82) is 0 Å². The summed E-state index contributed by atoms with van der Waals surface area (Å²) in [6.07, 6.45) is -0.213. The summed E-state index contributed by atoms with van der Waals surface area (Å²) in [5, 5.41) is 0. The highest BCUT2D eigenvalue weighted by Gasteiger charge is 2.15. The highest BCUT2D eigenvalue weighted by Crippen LogP contribution is 2.18. The van der Waals surface area contributed by atoms with Crippen LogP contribution in [0, 0.1) is 5.82 Å². The van der Waals surface area contributed by atoms with Crippen molar-refractivity contribution >= 4 is 27.7 Å². The molecule has 0 radical (unpaired) electrons. The van der Waals surface area contributed by atoms with E-state index in [0.717, 1.165) is 4.47 Å². The van der Waals surface area contributed by atoms with E-state index in [0.29, 0.717) is 17.9 Å². The van der Waals surface area contributed by atoms with Gasteiger partial charge in [0.1, 0.15) is 17.3 Å². The number of carbonyl (C=O) groups excluding carboxylic acids is 2. The van der Waals surface area contributed by atoms with Gasteiger partial charge in [0.05, 0.1) is 6.61 Å². The van der Waals surface area contributed by atoms with Gasteiger partial charge in [-0.3, -0.25) is 20.4 Å². The fourth-order valence-corrected chi connectivity index (χ4v) is 2.45. The minimum absolute atomic E-state index is 0.149. The van der Waals surface area contributed by atoms with Gasteiger partial charge in [0, 0.05) is 17.0 Å². The van der Waals surface area contributed by atoms with Crippen LogP contribution in [0.5, 0.6) is 11.5 Å². The first kappa shape index (κ1) is 20.7. The summed E-state index contributed by atoms with van der Waals surface area (Å²) in [6.45, 7) is 1.84. The monoisotopic (exact) mass is 438 g/mol. The number of benzene rings is 2. The van der Waals surface area contributed by atoms with Crippen molar-refractivity contribution in [3.8, 4) is 11.5 Å². The normalized spacial score (nSPS) is 11.4. The molecular formula is C19H20BrFN2O4. The number of nitrogens with one attached hydrogen (secondary N) is 2. The molecule has 0 aromatic heterocycles. The van der Waals surface area contributed by atoms with Crippen molar-refractivity contribution in [1.82, 2.24) is 10.9 Å². The van der Waals surface area contributed by atoms with E-state index >= 15 is 0 Å². The molecule has 0 heterocycles. The van der Waals surface area contributed by atoms with E-state index < -0.39 is 12.0 Å². The second kappa shape index (κ2) is 10.5. The molecule has 2 rings (SSSR count). The second-order valence-corrected chi connectivity index (χ2v) is 6.58. The Bertz CT molecular complexity index is 788. The SMILES string of the molecule is CC(Oc1cccc(Br)c1)C(=O)NNC(=O)CCCOc1cccc(F)c1. The largest absolute Gasteiger partial charge is 0.493 e. The lowest BCUT2D eigenvalue weighted by Gasteiger charge is -2.15. The Labute approximate surface area is 165 Å². The van der Waals surface area contributed by atoms with E-state index in [-0.39, 0.29) is 24.8 Å². The molecule has 2 aromatic rings. The third kappa shape index (κ3) is 7.65. The number of carbonyl (C=O) groups is 2. The van der Waals surface area contributed by atoms with Gasteiger partial charge in [-0.2, -0.15) is 0 Å². The van der Waals surface area contributed by atoms with Crippen LogP contribution in [0.4, 0.5) is 4.39 Å². The van der Waals surface area contributed by atoms with Crippen molar-refractivity contribution in [2.24, 2.45) is 0 Å². The van der Waals surface area contributed by atoms with Gasteiger partial charge in [-0.15, -0.1) is 0 Å². The first-order valence-corrected chi connectivity index (χ1v) is 9.12. The van der Waals surface area contributed by atoms with Gasteiger partial charge in [-0.1, -0.05) is 28.1 Å². The van der Waals surface area contributed by atoms with E-state index in [1.165, 1.54) is 12.1 Å². The van der Waals surface area contributed by atoms with E-state index in [2.05, 4.69) is 26.8 Å². The van der Waals surface area contributed by atoms with Crippen molar-refractivity contribution < 1.29 is 23.5 Å². The summed E-state index contributed by atoms with van der Waals surface area (Å²) < 4.78 is 24.7. The lowest BCUT2D eigenvalue weighted by atomic mass is 10.3. The van der Waals surface area contributed by atoms with Crippen molar-refractivity contribution in [2.75, 3.05) is 6.61 Å². The topological polar surface area (TPSA) is 76.7 Å². The first-order valence-electron chi connectivity index (χ1n) is 8.33. The smallest absolute Gasteiger partial charge is 0.279 e. The fourth-order valence-electron chi connectivity index (χ4n) is 2.07. The lowest BCUT2D eigenvalue weighted by molar-refractivity contribution is -0.132. The lowest BCUT2D eigenvalue weighted by Crippen LogP contribution is -2.47. The number of halogens is 2. The zero-order valence-corrected chi connectivity index (χ0v) is 16.3. The highest BCUT2D eigenvalue weighted by molar-refractivity contribution is 9.10. The zero-order valence-electron chi connectivity index (χ0n) is 14.7. The van der Waals surface area contributed by atoms with Gasteiger partial charge in [0.15, 0.2) is 6.10 Å². The number of hydrogen-bond acceptors (Lipinski definition) is 4. The third-order valence-corrected chi connectivity index (χ3v) is 3.91. The van der Waals surface area contributed by atoms with E-state index in [4.69, 9.17) is 9.47 Å². The predicted octanol–water partition coefficient (Wildman–Crippen LogP) is 3.36. The van der Waals surface area contributed by atoms with Gasteiger partial charge in [-0.25, -0.2) is 4.39 Å². The van der Waals surface area contributed by atoms with Crippen LogP contribution >= 0.6 is 15.9 Å². The molecule has 27 heavy (non-hydrogen) atoms. The third-order valence-electron chi connectivity index (χ3n) is 3.42. The summed E-state index contributed by atoms with van der Waals surface area (Å²) in [7, 11) is 0. The minimum atomic E-state index is -0.782. The van der Waals surface area contributed by atoms with Gasteiger partial charge < -0.3 is 9.47 Å². The van der Waals surface area contributed by atoms with Crippen molar-refractivity contribution in [3.63, 3.8) is 0 Å². The number of rotatable bonds is 8. The molecule has 2 N–H and O–H groups in total. The van der Waals surface area contributed by atoms with Crippen molar-refractivity contribution in [3.05, 3.63) is 58.8 Å². The molecule has 0 spiro atoms. The molecular weight excluding hydrogens is 419 g/mol. The maximum absolute atomic E-state index is 13.0. The molecule has 8 heteroatoms. The summed E-state index contributed by atoms with van der Waals surface area (Å²) in [4.78, 5) is 23.7. The maximum Gasteiger partial charge on any atom is 0.279 e. The molecule has 0 saturated heterocycles. The van der Waals surface area contributed by atoms with Gasteiger partial charge in [-0.05, 0) is 43.7 Å². The summed E-state index contributed by atoms with van der Waals surface area (Å²) >= 11 is 3.32. The number of amides is 2. The Kier molecular flexibility index (Phi) is 8.06. The maximum atomic E-state index is 13.0. The van der Waals surface area contributed by atoms with Crippen LogP contribution in [-0.4, -0.2) is 24.5 Å². The van der Waals surface area contributed by atoms with E-state index in [1.807, 2.05) is 6.07 Å². The second-order valence-electron chi connectivity index (χ2n) is 5.66. The molecule has 1 atom stereocenters. The molecule has 0 bridgehead atoms. The summed E-state index contributed by atoms with van der Waals surface area (Å²) in [6, 6.07) is 12.9.